The molecule has 0 saturated carbocycles. The molecule has 0 bridgehead atoms. The number of likely N-dealkylation sites (N-methyl/N-ethyl adjacent to an activating group) is 1. The van der Waals surface area contributed by atoms with Crippen molar-refractivity contribution in [2.75, 3.05) is 57.1 Å². The predicted octanol–water partition coefficient (Wildman–Crippen LogP) is 3.68. The van der Waals surface area contributed by atoms with Crippen LogP contribution in [0.4, 0.5) is 26.2 Å². The van der Waals surface area contributed by atoms with Crippen molar-refractivity contribution < 1.29 is 18.3 Å². The zero-order valence-electron chi connectivity index (χ0n) is 22.7. The first-order valence-electron chi connectivity index (χ1n) is 13.2. The molecule has 10 nitrogen and oxygen atoms in total. The van der Waals surface area contributed by atoms with Gasteiger partial charge in [-0.3, -0.25) is 0 Å². The van der Waals surface area contributed by atoms with Crippen molar-refractivity contribution in [1.82, 2.24) is 25.2 Å². The number of rotatable bonds is 7. The Morgan fingerprint density at radius 3 is 2.77 bits per heavy atom. The van der Waals surface area contributed by atoms with Crippen LogP contribution in [0.3, 0.4) is 0 Å². The fourth-order valence-electron chi connectivity index (χ4n) is 4.85. The van der Waals surface area contributed by atoms with E-state index in [4.69, 9.17) is 9.47 Å². The van der Waals surface area contributed by atoms with Crippen molar-refractivity contribution in [3.05, 3.63) is 48.2 Å². The molecule has 0 amide bonds. The molecule has 2 aromatic heterocycles. The van der Waals surface area contributed by atoms with E-state index in [0.717, 1.165) is 25.3 Å². The summed E-state index contributed by atoms with van der Waals surface area (Å²) in [5, 5.41) is 15.5. The standard InChI is InChI=1S/C28H32F2N8O2/c1-18-16-38(13-12-37(18)2)22-5-7-25(35-26(22)39-3)36-27-33-11-8-21(34-27)19-4-6-23(20(14-19)15-31)40-24-9-10-32-17-28(24,29)30/h4-8,11,14,18,24,32H,9-10,12-13,16-17H2,1-3H3,(H,33,34,35,36)/t18-,24?/m1/s1. The Hall–Kier alpha value is -4.08. The fourth-order valence-corrected chi connectivity index (χ4v) is 4.85. The Balaban J connectivity index is 1.33. The summed E-state index contributed by atoms with van der Waals surface area (Å²) in [4.78, 5) is 18.1. The highest BCUT2D eigenvalue weighted by molar-refractivity contribution is 5.66. The molecule has 2 N–H and O–H groups in total. The lowest BCUT2D eigenvalue weighted by atomic mass is 10.0. The molecule has 0 spiro atoms. The molecule has 2 aliphatic heterocycles. The normalized spacial score (nSPS) is 20.9. The van der Waals surface area contributed by atoms with Crippen LogP contribution in [0.15, 0.2) is 42.6 Å². The Labute approximate surface area is 232 Å². The SMILES string of the molecule is COc1nc(Nc2nccc(-c3ccc(OC4CCNCC4(F)F)c(C#N)c3)n2)ccc1N1CCN(C)[C@H](C)C1. The highest BCUT2D eigenvalue weighted by Gasteiger charge is 2.43. The molecule has 2 saturated heterocycles. The summed E-state index contributed by atoms with van der Waals surface area (Å²) >= 11 is 0. The van der Waals surface area contributed by atoms with Crippen LogP contribution >= 0.6 is 0 Å². The molecule has 0 aliphatic carbocycles. The van der Waals surface area contributed by atoms with E-state index in [0.29, 0.717) is 41.5 Å². The molecule has 0 radical (unpaired) electrons. The van der Waals surface area contributed by atoms with Crippen LogP contribution in [0.25, 0.3) is 11.3 Å². The maximum Gasteiger partial charge on any atom is 0.296 e. The van der Waals surface area contributed by atoms with Gasteiger partial charge >= 0.3 is 0 Å². The minimum Gasteiger partial charge on any atom is -0.483 e. The number of nitrogens with zero attached hydrogens (tertiary/aromatic N) is 6. The summed E-state index contributed by atoms with van der Waals surface area (Å²) in [6.45, 7) is 4.88. The number of nitrogens with one attached hydrogen (secondary N) is 2. The van der Waals surface area contributed by atoms with Gasteiger partial charge in [-0.2, -0.15) is 10.2 Å². The topological polar surface area (TPSA) is 111 Å². The van der Waals surface area contributed by atoms with Crippen LogP contribution < -0.4 is 25.0 Å². The number of nitriles is 1. The third-order valence-corrected chi connectivity index (χ3v) is 7.31. The van der Waals surface area contributed by atoms with Crippen molar-refractivity contribution in [1.29, 1.82) is 5.26 Å². The van der Waals surface area contributed by atoms with Gasteiger partial charge in [-0.25, -0.2) is 18.7 Å². The van der Waals surface area contributed by atoms with Gasteiger partial charge in [-0.1, -0.05) is 0 Å². The second-order valence-corrected chi connectivity index (χ2v) is 10.0. The van der Waals surface area contributed by atoms with Crippen molar-refractivity contribution in [3.63, 3.8) is 0 Å². The highest BCUT2D eigenvalue weighted by Crippen LogP contribution is 2.33. The quantitative estimate of drug-likeness (QED) is 0.452. The van der Waals surface area contributed by atoms with Crippen LogP contribution in [-0.4, -0.2) is 84.8 Å². The molecule has 40 heavy (non-hydrogen) atoms. The van der Waals surface area contributed by atoms with Gasteiger partial charge in [-0.15, -0.1) is 0 Å². The summed E-state index contributed by atoms with van der Waals surface area (Å²) < 4.78 is 39.7. The summed E-state index contributed by atoms with van der Waals surface area (Å²) in [5.74, 6) is -1.57. The van der Waals surface area contributed by atoms with Crippen LogP contribution in [-0.2, 0) is 0 Å². The maximum absolute atomic E-state index is 14.2. The van der Waals surface area contributed by atoms with Gasteiger partial charge < -0.3 is 29.9 Å². The Morgan fingerprint density at radius 2 is 2.02 bits per heavy atom. The van der Waals surface area contributed by atoms with Crippen LogP contribution in [0, 0.1) is 11.3 Å². The zero-order chi connectivity index (χ0) is 28.3. The van der Waals surface area contributed by atoms with E-state index in [2.05, 4.69) is 55.4 Å². The van der Waals surface area contributed by atoms with Crippen molar-refractivity contribution >= 4 is 17.5 Å². The number of benzene rings is 1. The Morgan fingerprint density at radius 1 is 1.18 bits per heavy atom. The number of aromatic nitrogens is 3. The number of piperazine rings is 1. The number of hydrogen-bond donors (Lipinski definition) is 2. The largest absolute Gasteiger partial charge is 0.483 e. The Kier molecular flexibility index (Phi) is 7.95. The van der Waals surface area contributed by atoms with E-state index < -0.39 is 18.6 Å². The number of alkyl halides is 2. The summed E-state index contributed by atoms with van der Waals surface area (Å²) in [5.41, 5.74) is 2.25. The van der Waals surface area contributed by atoms with E-state index >= 15 is 0 Å². The van der Waals surface area contributed by atoms with Crippen LogP contribution in [0.2, 0.25) is 0 Å². The highest BCUT2D eigenvalue weighted by atomic mass is 19.3. The van der Waals surface area contributed by atoms with E-state index in [1.54, 1.807) is 31.5 Å². The molecule has 1 unspecified atom stereocenters. The van der Waals surface area contributed by atoms with Gasteiger partial charge in [0, 0.05) is 43.9 Å². The average Bonchev–Trinajstić information content (AvgIpc) is 2.96. The molecule has 2 atom stereocenters. The van der Waals surface area contributed by atoms with Crippen molar-refractivity contribution in [2.45, 2.75) is 31.4 Å². The van der Waals surface area contributed by atoms with Crippen LogP contribution in [0.1, 0.15) is 18.9 Å². The van der Waals surface area contributed by atoms with Gasteiger partial charge in [0.05, 0.1) is 24.9 Å². The van der Waals surface area contributed by atoms with Crippen molar-refractivity contribution in [3.8, 4) is 29.0 Å². The number of ether oxygens (including phenoxy) is 2. The third-order valence-electron chi connectivity index (χ3n) is 7.31. The molecular formula is C28H32F2N8O2. The lowest BCUT2D eigenvalue weighted by Gasteiger charge is -2.39. The predicted molar refractivity (Wildman–Crippen MR) is 147 cm³/mol. The number of hydrogen-bond acceptors (Lipinski definition) is 10. The number of halogens is 2. The molecule has 210 valence electrons. The van der Waals surface area contributed by atoms with Gasteiger partial charge in [0.15, 0.2) is 6.10 Å². The summed E-state index contributed by atoms with van der Waals surface area (Å²) in [7, 11) is 3.72. The number of anilines is 3. The fraction of sp³-hybridized carbons (Fsp3) is 0.429. The number of methoxy groups -OCH3 is 1. The summed E-state index contributed by atoms with van der Waals surface area (Å²) in [6, 6.07) is 12.8. The molecule has 2 aliphatic rings. The monoisotopic (exact) mass is 550 g/mol. The maximum atomic E-state index is 14.2. The smallest absolute Gasteiger partial charge is 0.296 e. The molecule has 1 aromatic carbocycles. The summed E-state index contributed by atoms with van der Waals surface area (Å²) in [6.07, 6.45) is 0.445. The first-order valence-corrected chi connectivity index (χ1v) is 13.2. The van der Waals surface area contributed by atoms with Gasteiger partial charge in [0.1, 0.15) is 23.3 Å². The lowest BCUT2D eigenvalue weighted by Crippen LogP contribution is -2.52. The second kappa shape index (κ2) is 11.6. The molecule has 12 heteroatoms. The number of pyridine rings is 1. The van der Waals surface area contributed by atoms with Gasteiger partial charge in [0.2, 0.25) is 11.8 Å². The van der Waals surface area contributed by atoms with Crippen molar-refractivity contribution in [2.24, 2.45) is 0 Å². The van der Waals surface area contributed by atoms with E-state index in [9.17, 15) is 14.0 Å². The zero-order valence-corrected chi connectivity index (χ0v) is 22.7. The van der Waals surface area contributed by atoms with E-state index in [1.807, 2.05) is 12.1 Å². The third kappa shape index (κ3) is 5.90. The first kappa shape index (κ1) is 27.5. The average molecular weight is 551 g/mol. The molecular weight excluding hydrogens is 518 g/mol. The van der Waals surface area contributed by atoms with Crippen LogP contribution in [0.5, 0.6) is 11.6 Å². The minimum atomic E-state index is -3.02. The first-order chi connectivity index (χ1) is 19.3. The molecule has 2 fully saturated rings. The lowest BCUT2D eigenvalue weighted by molar-refractivity contribution is -0.109. The van der Waals surface area contributed by atoms with E-state index in [1.165, 1.54) is 6.07 Å². The second-order valence-electron chi connectivity index (χ2n) is 10.0. The molecule has 3 aromatic rings. The van der Waals surface area contributed by atoms with Gasteiger partial charge in [0.25, 0.3) is 5.92 Å². The Bertz CT molecular complexity index is 1400. The van der Waals surface area contributed by atoms with E-state index in [-0.39, 0.29) is 17.7 Å². The molecule has 4 heterocycles. The minimum absolute atomic E-state index is 0.122. The van der Waals surface area contributed by atoms with Gasteiger partial charge in [-0.05, 0) is 56.9 Å². The molecule has 5 rings (SSSR count). The number of piperidine rings is 1.